The van der Waals surface area contributed by atoms with Gasteiger partial charge in [0.05, 0.1) is 39.0 Å². The molecule has 0 aromatic heterocycles. The van der Waals surface area contributed by atoms with Crippen LogP contribution >= 0.6 is 0 Å². The molecule has 0 bridgehead atoms. The van der Waals surface area contributed by atoms with E-state index in [0.29, 0.717) is 39.2 Å². The van der Waals surface area contributed by atoms with Crippen LogP contribution in [0.5, 0.6) is 11.5 Å². The Labute approximate surface area is 278 Å². The van der Waals surface area contributed by atoms with E-state index in [0.717, 1.165) is 11.1 Å². The van der Waals surface area contributed by atoms with Crippen molar-refractivity contribution >= 4 is 61.0 Å². The maximum absolute atomic E-state index is 11.9. The lowest BCUT2D eigenvalue weighted by molar-refractivity contribution is 0.0693. The van der Waals surface area contributed by atoms with Crippen LogP contribution in [0.2, 0.25) is 0 Å². The van der Waals surface area contributed by atoms with Crippen molar-refractivity contribution in [3.63, 3.8) is 0 Å². The Balaban J connectivity index is 1.21. The van der Waals surface area contributed by atoms with Gasteiger partial charge in [-0.2, -0.15) is 28.9 Å². The van der Waals surface area contributed by atoms with Gasteiger partial charge in [-0.3, -0.25) is 4.55 Å². The number of azo groups is 3. The Bertz CT molecular complexity index is 2390. The number of carboxylic acid groups (broad SMARTS) is 1. The molecule has 13 nitrogen and oxygen atoms in total. The van der Waals surface area contributed by atoms with Crippen LogP contribution in [0.3, 0.4) is 0 Å². The zero-order valence-corrected chi connectivity index (χ0v) is 26.0. The topological polar surface area (TPSA) is 206 Å². The van der Waals surface area contributed by atoms with Gasteiger partial charge in [0.2, 0.25) is 0 Å². The number of benzene rings is 6. The third-order valence-corrected chi connectivity index (χ3v) is 8.05. The third kappa shape index (κ3) is 7.68. The number of carboxylic acids is 1. The molecule has 49 heavy (non-hydrogen) atoms. The number of rotatable bonds is 9. The van der Waals surface area contributed by atoms with Gasteiger partial charge in [-0.1, -0.05) is 30.3 Å². The van der Waals surface area contributed by atoms with E-state index in [4.69, 9.17) is 5.11 Å². The Hall–Kier alpha value is -6.64. The molecule has 0 fully saturated rings. The SMILES string of the molecule is O=C(O)c1cc(N=Nc2ccc(-c3ccc(N=Nc4ccc(N=Nc5ccc(O)cc5)c5cc(S(=O)(=O)O)ccc45)cc3)cc2)ccc1O. The highest BCUT2D eigenvalue weighted by molar-refractivity contribution is 7.85. The first kappa shape index (κ1) is 32.3. The average molecular weight is 673 g/mol. The second-order valence-electron chi connectivity index (χ2n) is 10.5. The van der Waals surface area contributed by atoms with Gasteiger partial charge in [-0.05, 0) is 102 Å². The van der Waals surface area contributed by atoms with Crippen molar-refractivity contribution in [1.29, 1.82) is 0 Å². The quantitative estimate of drug-likeness (QED) is 0.0862. The van der Waals surface area contributed by atoms with E-state index in [-0.39, 0.29) is 27.6 Å². The summed E-state index contributed by atoms with van der Waals surface area (Å²) in [5.74, 6) is -1.54. The predicted octanol–water partition coefficient (Wildman–Crippen LogP) is 10.1. The highest BCUT2D eigenvalue weighted by Crippen LogP contribution is 2.37. The summed E-state index contributed by atoms with van der Waals surface area (Å²) in [5, 5.41) is 54.6. The standard InChI is InChI=1S/C35H24N6O7S/c42-27-12-9-25(10-13-27)38-41-33-17-16-32(29-15-14-28(20-30(29)33)49(46,47)48)40-37-24-7-3-22(4-8-24)21-1-5-23(6-2-21)36-39-26-11-18-34(43)31(19-26)35(44)45/h1-20,42-43H,(H,44,45)(H,46,47,48). The largest absolute Gasteiger partial charge is 0.508 e. The summed E-state index contributed by atoms with van der Waals surface area (Å²) in [6, 6.07) is 31.9. The van der Waals surface area contributed by atoms with Gasteiger partial charge in [0, 0.05) is 10.8 Å². The molecule has 0 aliphatic heterocycles. The molecule has 242 valence electrons. The number of aromatic hydroxyl groups is 2. The second-order valence-corrected chi connectivity index (χ2v) is 11.9. The van der Waals surface area contributed by atoms with Crippen molar-refractivity contribution in [3.8, 4) is 22.6 Å². The number of aromatic carboxylic acids is 1. The fraction of sp³-hybridized carbons (Fsp3) is 0. The third-order valence-electron chi connectivity index (χ3n) is 7.20. The molecular formula is C35H24N6O7S. The summed E-state index contributed by atoms with van der Waals surface area (Å²) in [7, 11) is -4.49. The Morgan fingerprint density at radius 2 is 0.980 bits per heavy atom. The molecule has 0 unspecified atom stereocenters. The summed E-state index contributed by atoms with van der Waals surface area (Å²) in [5.41, 5.74) is 4.15. The fourth-order valence-electron chi connectivity index (χ4n) is 4.69. The molecule has 6 aromatic rings. The van der Waals surface area contributed by atoms with Gasteiger partial charge in [0.25, 0.3) is 10.1 Å². The lowest BCUT2D eigenvalue weighted by Crippen LogP contribution is -1.97. The molecule has 0 saturated heterocycles. The van der Waals surface area contributed by atoms with E-state index in [2.05, 4.69) is 30.7 Å². The van der Waals surface area contributed by atoms with E-state index >= 15 is 0 Å². The van der Waals surface area contributed by atoms with Crippen molar-refractivity contribution in [1.82, 2.24) is 0 Å². The van der Waals surface area contributed by atoms with Crippen LogP contribution in [0.15, 0.2) is 157 Å². The van der Waals surface area contributed by atoms with Crippen LogP contribution in [0.25, 0.3) is 21.9 Å². The van der Waals surface area contributed by atoms with E-state index in [1.807, 2.05) is 24.3 Å². The summed E-state index contributed by atoms with van der Waals surface area (Å²) in [6.45, 7) is 0. The van der Waals surface area contributed by atoms with Gasteiger partial charge in [0.1, 0.15) is 17.1 Å². The van der Waals surface area contributed by atoms with E-state index in [1.165, 1.54) is 48.5 Å². The van der Waals surface area contributed by atoms with Crippen LogP contribution in [0.1, 0.15) is 10.4 Å². The smallest absolute Gasteiger partial charge is 0.339 e. The van der Waals surface area contributed by atoms with E-state index in [1.54, 1.807) is 48.5 Å². The van der Waals surface area contributed by atoms with Crippen molar-refractivity contribution in [3.05, 3.63) is 127 Å². The Morgan fingerprint density at radius 1 is 0.510 bits per heavy atom. The Morgan fingerprint density at radius 3 is 1.51 bits per heavy atom. The molecule has 6 rings (SSSR count). The zero-order chi connectivity index (χ0) is 34.5. The van der Waals surface area contributed by atoms with Crippen molar-refractivity contribution < 1.29 is 33.1 Å². The molecule has 0 saturated carbocycles. The normalized spacial score (nSPS) is 12.0. The van der Waals surface area contributed by atoms with Gasteiger partial charge >= 0.3 is 5.97 Å². The minimum atomic E-state index is -4.49. The van der Waals surface area contributed by atoms with Crippen LogP contribution in [-0.2, 0) is 10.1 Å². The maximum Gasteiger partial charge on any atom is 0.339 e. The molecular weight excluding hydrogens is 648 g/mol. The first-order valence-corrected chi connectivity index (χ1v) is 15.8. The summed E-state index contributed by atoms with van der Waals surface area (Å²) in [4.78, 5) is 10.9. The zero-order valence-electron chi connectivity index (χ0n) is 25.2. The van der Waals surface area contributed by atoms with Crippen molar-refractivity contribution in [2.75, 3.05) is 0 Å². The molecule has 0 aliphatic rings. The van der Waals surface area contributed by atoms with E-state index in [9.17, 15) is 28.0 Å². The number of fused-ring (bicyclic) bond motifs is 1. The monoisotopic (exact) mass is 672 g/mol. The van der Waals surface area contributed by atoms with Crippen LogP contribution in [0, 0.1) is 0 Å². The van der Waals surface area contributed by atoms with Crippen LogP contribution < -0.4 is 0 Å². The number of carbonyl (C=O) groups is 1. The molecule has 0 heterocycles. The number of nitrogens with zero attached hydrogens (tertiary/aromatic N) is 6. The van der Waals surface area contributed by atoms with Crippen LogP contribution in [0.4, 0.5) is 34.1 Å². The molecule has 0 spiro atoms. The number of hydrogen-bond acceptors (Lipinski definition) is 11. The average Bonchev–Trinajstić information content (AvgIpc) is 3.10. The van der Waals surface area contributed by atoms with Gasteiger partial charge in [-0.25, -0.2) is 4.79 Å². The van der Waals surface area contributed by atoms with Crippen molar-refractivity contribution in [2.45, 2.75) is 4.90 Å². The summed E-state index contributed by atoms with van der Waals surface area (Å²) >= 11 is 0. The molecule has 0 radical (unpaired) electrons. The van der Waals surface area contributed by atoms with E-state index < -0.39 is 16.1 Å². The van der Waals surface area contributed by atoms with Gasteiger partial charge < -0.3 is 15.3 Å². The number of phenols is 2. The Kier molecular flexibility index (Phi) is 8.97. The minimum absolute atomic E-state index is 0.0775. The minimum Gasteiger partial charge on any atom is -0.508 e. The van der Waals surface area contributed by atoms with Gasteiger partial charge in [-0.15, -0.1) is 10.2 Å². The van der Waals surface area contributed by atoms with Gasteiger partial charge in [0.15, 0.2) is 0 Å². The molecule has 0 atom stereocenters. The maximum atomic E-state index is 11.9. The highest BCUT2D eigenvalue weighted by Gasteiger charge is 2.14. The predicted molar refractivity (Wildman–Crippen MR) is 181 cm³/mol. The van der Waals surface area contributed by atoms with Crippen LogP contribution in [-0.4, -0.2) is 34.3 Å². The highest BCUT2D eigenvalue weighted by atomic mass is 32.2. The molecule has 0 amide bonds. The number of phenolic OH excluding ortho intramolecular Hbond substituents is 1. The molecule has 0 aliphatic carbocycles. The fourth-order valence-corrected chi connectivity index (χ4v) is 5.19. The van der Waals surface area contributed by atoms with Crippen molar-refractivity contribution in [2.24, 2.45) is 30.7 Å². The second kappa shape index (κ2) is 13.6. The summed E-state index contributed by atoms with van der Waals surface area (Å²) < 4.78 is 33.4. The molecule has 6 aromatic carbocycles. The lowest BCUT2D eigenvalue weighted by atomic mass is 10.1. The first-order valence-electron chi connectivity index (χ1n) is 14.4. The first-order chi connectivity index (χ1) is 23.5. The number of hydrogen-bond donors (Lipinski definition) is 4. The molecule has 4 N–H and O–H groups in total. The lowest BCUT2D eigenvalue weighted by Gasteiger charge is -2.07. The summed E-state index contributed by atoms with van der Waals surface area (Å²) in [6.07, 6.45) is 0. The molecule has 14 heteroatoms.